The monoisotopic (exact) mass is 196 g/mol. The fourth-order valence-corrected chi connectivity index (χ4v) is 0.877. The van der Waals surface area contributed by atoms with Crippen molar-refractivity contribution in [2.24, 2.45) is 0 Å². The minimum absolute atomic E-state index is 0.145. The number of halogens is 3. The first kappa shape index (κ1) is 8.49. The molecule has 0 radical (unpaired) electrons. The number of ether oxygens (including phenoxy) is 1. The van der Waals surface area contributed by atoms with E-state index < -0.39 is 5.82 Å². The van der Waals surface area contributed by atoms with Crippen molar-refractivity contribution in [2.45, 2.75) is 0 Å². The van der Waals surface area contributed by atoms with Crippen molar-refractivity contribution in [3.05, 3.63) is 16.3 Å². The summed E-state index contributed by atoms with van der Waals surface area (Å²) in [5.41, 5.74) is 0. The molecule has 0 saturated carbocycles. The molecule has 1 rings (SSSR count). The summed E-state index contributed by atoms with van der Waals surface area (Å²) in [6.45, 7) is 0. The van der Waals surface area contributed by atoms with Gasteiger partial charge in [-0.05, 0) is 11.6 Å². The molecule has 0 saturated heterocycles. The van der Waals surface area contributed by atoms with Gasteiger partial charge in [-0.2, -0.15) is 9.37 Å². The van der Waals surface area contributed by atoms with Gasteiger partial charge in [0.2, 0.25) is 11.1 Å². The second kappa shape index (κ2) is 3.19. The fraction of sp³-hybridized carbons (Fsp3) is 0.200. The van der Waals surface area contributed by atoms with Crippen LogP contribution in [0.2, 0.25) is 10.4 Å². The van der Waals surface area contributed by atoms with E-state index in [1.54, 1.807) is 0 Å². The highest BCUT2D eigenvalue weighted by Crippen LogP contribution is 2.21. The van der Waals surface area contributed by atoms with Crippen LogP contribution in [0.15, 0.2) is 0 Å². The van der Waals surface area contributed by atoms with Gasteiger partial charge in [-0.3, -0.25) is 0 Å². The Morgan fingerprint density at radius 3 is 2.55 bits per heavy atom. The first-order valence-electron chi connectivity index (χ1n) is 2.57. The highest BCUT2D eigenvalue weighted by Gasteiger charge is 2.11. The average Bonchev–Trinajstić information content (AvgIpc) is 1.96. The Morgan fingerprint density at radius 2 is 2.00 bits per heavy atom. The molecule has 0 atom stereocenters. The lowest BCUT2D eigenvalue weighted by atomic mass is 10.6. The number of rotatable bonds is 1. The number of hydrogen-bond donors (Lipinski definition) is 0. The normalized spacial score (nSPS) is 9.82. The predicted molar refractivity (Wildman–Crippen MR) is 38.6 cm³/mol. The number of aromatic nitrogens is 2. The molecule has 0 spiro atoms. The first-order chi connectivity index (χ1) is 5.15. The first-order valence-corrected chi connectivity index (χ1v) is 3.33. The largest absolute Gasteiger partial charge is 0.479 e. The Hall–Kier alpha value is -0.610. The lowest BCUT2D eigenvalue weighted by molar-refractivity contribution is 0.367. The van der Waals surface area contributed by atoms with Crippen LogP contribution in [0.25, 0.3) is 0 Å². The molecule has 0 fully saturated rings. The van der Waals surface area contributed by atoms with Gasteiger partial charge in [-0.15, -0.1) is 0 Å². The van der Waals surface area contributed by atoms with E-state index in [0.717, 1.165) is 0 Å². The van der Waals surface area contributed by atoms with Gasteiger partial charge < -0.3 is 4.74 Å². The van der Waals surface area contributed by atoms with Gasteiger partial charge in [0.05, 0.1) is 7.11 Å². The molecule has 1 heterocycles. The number of hydrogen-bond acceptors (Lipinski definition) is 3. The Kier molecular flexibility index (Phi) is 2.46. The van der Waals surface area contributed by atoms with Gasteiger partial charge in [0.1, 0.15) is 0 Å². The molecule has 3 nitrogen and oxygen atoms in total. The average molecular weight is 197 g/mol. The van der Waals surface area contributed by atoms with Gasteiger partial charge in [-0.1, -0.05) is 11.6 Å². The Balaban J connectivity index is 3.24. The van der Waals surface area contributed by atoms with Gasteiger partial charge in [-0.25, -0.2) is 4.98 Å². The summed E-state index contributed by atoms with van der Waals surface area (Å²) in [5.74, 6) is -1.06. The third-order valence-electron chi connectivity index (χ3n) is 0.946. The van der Waals surface area contributed by atoms with E-state index in [4.69, 9.17) is 23.2 Å². The van der Waals surface area contributed by atoms with E-state index in [1.807, 2.05) is 0 Å². The molecule has 0 aliphatic rings. The summed E-state index contributed by atoms with van der Waals surface area (Å²) in [5, 5.41) is -0.491. The fourth-order valence-electron chi connectivity index (χ4n) is 0.511. The second-order valence-electron chi connectivity index (χ2n) is 1.61. The highest BCUT2D eigenvalue weighted by atomic mass is 35.5. The van der Waals surface area contributed by atoms with Crippen LogP contribution in [0.1, 0.15) is 0 Å². The minimum atomic E-state index is -0.807. The molecule has 1 aromatic heterocycles. The van der Waals surface area contributed by atoms with E-state index in [0.29, 0.717) is 0 Å². The predicted octanol–water partition coefficient (Wildman–Crippen LogP) is 1.93. The number of methoxy groups -OCH3 is 1. The third kappa shape index (κ3) is 1.70. The van der Waals surface area contributed by atoms with Crippen LogP contribution in [0.3, 0.4) is 0 Å². The van der Waals surface area contributed by atoms with E-state index in [1.165, 1.54) is 7.11 Å². The zero-order valence-electron chi connectivity index (χ0n) is 5.44. The van der Waals surface area contributed by atoms with Crippen molar-refractivity contribution in [3.63, 3.8) is 0 Å². The molecule has 1 aromatic rings. The summed E-state index contributed by atoms with van der Waals surface area (Å²) >= 11 is 10.7. The summed E-state index contributed by atoms with van der Waals surface area (Å²) in [4.78, 5) is 6.77. The molecule has 0 aliphatic heterocycles. The van der Waals surface area contributed by atoms with Crippen LogP contribution in [0.5, 0.6) is 5.88 Å². The Morgan fingerprint density at radius 1 is 1.36 bits per heavy atom. The van der Waals surface area contributed by atoms with Crippen molar-refractivity contribution >= 4 is 23.2 Å². The molecule has 0 N–H and O–H groups in total. The molecule has 0 aromatic carbocycles. The Labute approximate surface area is 72.1 Å². The molecule has 0 aliphatic carbocycles. The maximum absolute atomic E-state index is 12.7. The molecular weight excluding hydrogens is 194 g/mol. The van der Waals surface area contributed by atoms with Crippen molar-refractivity contribution in [1.82, 2.24) is 9.97 Å². The van der Waals surface area contributed by atoms with E-state index in [2.05, 4.69) is 14.7 Å². The molecule has 6 heteroatoms. The van der Waals surface area contributed by atoms with Crippen molar-refractivity contribution in [1.29, 1.82) is 0 Å². The topological polar surface area (TPSA) is 35.0 Å². The zero-order chi connectivity index (χ0) is 8.43. The summed E-state index contributed by atoms with van der Waals surface area (Å²) < 4.78 is 17.3. The maximum Gasteiger partial charge on any atom is 0.256 e. The van der Waals surface area contributed by atoms with Crippen LogP contribution >= 0.6 is 23.2 Å². The van der Waals surface area contributed by atoms with Gasteiger partial charge in [0.15, 0.2) is 5.15 Å². The maximum atomic E-state index is 12.7. The lowest BCUT2D eigenvalue weighted by Gasteiger charge is -2.00. The standard InChI is InChI=1S/C5H3Cl2FN2O/c1-11-4-2(8)3(6)9-5(7)10-4/h1H3. The minimum Gasteiger partial charge on any atom is -0.479 e. The second-order valence-corrected chi connectivity index (χ2v) is 2.30. The molecule has 0 unspecified atom stereocenters. The molecule has 60 valence electrons. The van der Waals surface area contributed by atoms with Crippen LogP contribution in [0, 0.1) is 5.82 Å². The van der Waals surface area contributed by atoms with Crippen LogP contribution in [-0.4, -0.2) is 17.1 Å². The summed E-state index contributed by atoms with van der Waals surface area (Å²) in [6.07, 6.45) is 0. The third-order valence-corrected chi connectivity index (χ3v) is 1.37. The Bertz CT molecular complexity index is 281. The SMILES string of the molecule is COc1nc(Cl)nc(Cl)c1F. The van der Waals surface area contributed by atoms with Crippen LogP contribution in [-0.2, 0) is 0 Å². The van der Waals surface area contributed by atoms with E-state index >= 15 is 0 Å². The quantitative estimate of drug-likeness (QED) is 0.509. The zero-order valence-corrected chi connectivity index (χ0v) is 6.95. The van der Waals surface area contributed by atoms with Crippen molar-refractivity contribution in [3.8, 4) is 5.88 Å². The summed E-state index contributed by atoms with van der Waals surface area (Å²) in [7, 11) is 1.26. The van der Waals surface area contributed by atoms with Gasteiger partial charge in [0.25, 0.3) is 5.88 Å². The van der Waals surface area contributed by atoms with Crippen molar-refractivity contribution < 1.29 is 9.13 Å². The molecule has 0 amide bonds. The smallest absolute Gasteiger partial charge is 0.256 e. The summed E-state index contributed by atoms with van der Waals surface area (Å²) in [6, 6.07) is 0. The molecular formula is C5H3Cl2FN2O. The molecule has 11 heavy (non-hydrogen) atoms. The highest BCUT2D eigenvalue weighted by molar-refractivity contribution is 6.31. The lowest BCUT2D eigenvalue weighted by Crippen LogP contribution is -1.95. The van der Waals surface area contributed by atoms with E-state index in [9.17, 15) is 4.39 Å². The van der Waals surface area contributed by atoms with E-state index in [-0.39, 0.29) is 16.3 Å². The number of nitrogens with zero attached hydrogens (tertiary/aromatic N) is 2. The van der Waals surface area contributed by atoms with Crippen molar-refractivity contribution in [2.75, 3.05) is 7.11 Å². The van der Waals surface area contributed by atoms with Crippen LogP contribution < -0.4 is 4.74 Å². The van der Waals surface area contributed by atoms with Gasteiger partial charge in [0, 0.05) is 0 Å². The van der Waals surface area contributed by atoms with Gasteiger partial charge >= 0.3 is 0 Å². The van der Waals surface area contributed by atoms with Crippen LogP contribution in [0.4, 0.5) is 4.39 Å². The molecule has 0 bridgehead atoms.